The van der Waals surface area contributed by atoms with Crippen molar-refractivity contribution in [2.45, 2.75) is 36.5 Å². The molecule has 1 aromatic carbocycles. The number of morpholine rings is 1. The lowest BCUT2D eigenvalue weighted by molar-refractivity contribution is -0.123. The highest BCUT2D eigenvalue weighted by atomic mass is 32.2. The molecule has 0 radical (unpaired) electrons. The molecular formula is C24H36N4O5S2. The van der Waals surface area contributed by atoms with Gasteiger partial charge in [-0.05, 0) is 49.4 Å². The number of carbonyl (C=O) groups is 2. The van der Waals surface area contributed by atoms with E-state index in [2.05, 4.69) is 24.1 Å². The second-order valence-electron chi connectivity index (χ2n) is 9.82. The minimum atomic E-state index is -3.70. The van der Waals surface area contributed by atoms with Gasteiger partial charge in [0.1, 0.15) is 6.54 Å². The van der Waals surface area contributed by atoms with E-state index < -0.39 is 10.0 Å². The van der Waals surface area contributed by atoms with Crippen molar-refractivity contribution in [3.05, 3.63) is 18.2 Å². The fraction of sp³-hybridized carbons (Fsp3) is 0.667. The number of likely N-dealkylation sites (tertiary alicyclic amines) is 1. The fourth-order valence-corrected chi connectivity index (χ4v) is 7.50. The summed E-state index contributed by atoms with van der Waals surface area (Å²) in [5.41, 5.74) is 0.479. The van der Waals surface area contributed by atoms with Crippen LogP contribution in [0.3, 0.4) is 0 Å². The molecule has 2 atom stereocenters. The number of carbonyl (C=O) groups excluding carboxylic acids is 2. The quantitative estimate of drug-likeness (QED) is 0.516. The Kier molecular flexibility index (Phi) is 8.75. The lowest BCUT2D eigenvalue weighted by Gasteiger charge is -2.35. The molecule has 3 aliphatic rings. The van der Waals surface area contributed by atoms with Gasteiger partial charge < -0.3 is 19.9 Å². The number of anilines is 1. The number of benzene rings is 1. The van der Waals surface area contributed by atoms with Gasteiger partial charge in [-0.3, -0.25) is 9.59 Å². The van der Waals surface area contributed by atoms with E-state index in [4.69, 9.17) is 4.74 Å². The minimum absolute atomic E-state index is 0.120. The third-order valence-corrected chi connectivity index (χ3v) is 9.64. The fourth-order valence-electron chi connectivity index (χ4n) is 5.16. The number of amides is 2. The molecule has 2 fully saturated rings. The van der Waals surface area contributed by atoms with Gasteiger partial charge in [-0.15, -0.1) is 11.8 Å². The summed E-state index contributed by atoms with van der Waals surface area (Å²) in [6, 6.07) is 4.83. The van der Waals surface area contributed by atoms with Crippen LogP contribution in [-0.2, 0) is 24.3 Å². The Bertz CT molecular complexity index is 1020. The molecule has 11 heteroatoms. The number of nitrogens with one attached hydrogen (secondary N) is 1. The van der Waals surface area contributed by atoms with E-state index >= 15 is 0 Å². The molecule has 1 aromatic rings. The smallest absolute Gasteiger partial charge is 0.243 e. The highest BCUT2D eigenvalue weighted by Crippen LogP contribution is 2.37. The van der Waals surface area contributed by atoms with Crippen LogP contribution >= 0.6 is 11.8 Å². The van der Waals surface area contributed by atoms with Gasteiger partial charge in [0.05, 0.1) is 29.5 Å². The summed E-state index contributed by atoms with van der Waals surface area (Å²) in [6.07, 6.45) is 2.12. The van der Waals surface area contributed by atoms with Crippen LogP contribution in [0.4, 0.5) is 5.69 Å². The van der Waals surface area contributed by atoms with Crippen LogP contribution in [0.2, 0.25) is 0 Å². The first-order chi connectivity index (χ1) is 16.7. The molecule has 9 nitrogen and oxygen atoms in total. The zero-order valence-corrected chi connectivity index (χ0v) is 22.2. The van der Waals surface area contributed by atoms with Crippen molar-refractivity contribution in [3.63, 3.8) is 0 Å². The van der Waals surface area contributed by atoms with Crippen molar-refractivity contribution >= 4 is 39.3 Å². The maximum Gasteiger partial charge on any atom is 0.243 e. The molecule has 3 heterocycles. The Balaban J connectivity index is 1.36. The average Bonchev–Trinajstić information content (AvgIpc) is 2.83. The van der Waals surface area contributed by atoms with E-state index in [1.807, 2.05) is 0 Å². The topological polar surface area (TPSA) is 99.3 Å². The molecular weight excluding hydrogens is 488 g/mol. The van der Waals surface area contributed by atoms with Crippen LogP contribution in [0.1, 0.15) is 26.7 Å². The molecule has 1 N–H and O–H groups in total. The lowest BCUT2D eigenvalue weighted by Crippen LogP contribution is -2.44. The predicted octanol–water partition coefficient (Wildman–Crippen LogP) is 1.63. The molecule has 0 saturated carbocycles. The van der Waals surface area contributed by atoms with E-state index in [1.54, 1.807) is 12.1 Å². The molecule has 0 aliphatic carbocycles. The van der Waals surface area contributed by atoms with E-state index in [0.29, 0.717) is 50.4 Å². The number of nitrogens with zero attached hydrogens (tertiary/aromatic N) is 3. The second-order valence-corrected chi connectivity index (χ2v) is 12.8. The van der Waals surface area contributed by atoms with E-state index in [-0.39, 0.29) is 29.0 Å². The normalized spacial score (nSPS) is 24.3. The van der Waals surface area contributed by atoms with Crippen LogP contribution < -0.4 is 10.2 Å². The predicted molar refractivity (Wildman–Crippen MR) is 136 cm³/mol. The van der Waals surface area contributed by atoms with Crippen LogP contribution in [0.15, 0.2) is 28.0 Å². The number of hydrogen-bond donors (Lipinski definition) is 1. The molecule has 0 bridgehead atoms. The van der Waals surface area contributed by atoms with Gasteiger partial charge in [0.2, 0.25) is 21.8 Å². The van der Waals surface area contributed by atoms with Gasteiger partial charge in [0, 0.05) is 37.6 Å². The third kappa shape index (κ3) is 6.56. The van der Waals surface area contributed by atoms with Crippen molar-refractivity contribution in [1.82, 2.24) is 14.5 Å². The summed E-state index contributed by atoms with van der Waals surface area (Å²) in [7, 11) is -3.70. The average molecular weight is 525 g/mol. The highest BCUT2D eigenvalue weighted by Gasteiger charge is 2.31. The molecule has 0 aromatic heterocycles. The third-order valence-electron chi connectivity index (χ3n) is 6.70. The summed E-state index contributed by atoms with van der Waals surface area (Å²) in [6.45, 7) is 9.47. The van der Waals surface area contributed by atoms with E-state index in [0.717, 1.165) is 31.0 Å². The Labute approximate surface area is 212 Å². The van der Waals surface area contributed by atoms with Crippen LogP contribution in [0.25, 0.3) is 0 Å². The second kappa shape index (κ2) is 11.6. The van der Waals surface area contributed by atoms with Crippen LogP contribution in [-0.4, -0.2) is 94.2 Å². The Morgan fingerprint density at radius 3 is 2.60 bits per heavy atom. The Morgan fingerprint density at radius 2 is 1.89 bits per heavy atom. The van der Waals surface area contributed by atoms with Crippen molar-refractivity contribution < 1.29 is 22.7 Å². The summed E-state index contributed by atoms with van der Waals surface area (Å²) in [4.78, 5) is 30.2. The summed E-state index contributed by atoms with van der Waals surface area (Å²) < 4.78 is 32.9. The maximum absolute atomic E-state index is 13.1. The highest BCUT2D eigenvalue weighted by molar-refractivity contribution is 8.00. The number of sulfonamides is 1. The summed E-state index contributed by atoms with van der Waals surface area (Å²) in [5, 5.41) is 2.93. The first kappa shape index (κ1) is 26.4. The first-order valence-electron chi connectivity index (χ1n) is 12.4. The van der Waals surface area contributed by atoms with Crippen molar-refractivity contribution in [2.24, 2.45) is 11.8 Å². The monoisotopic (exact) mass is 524 g/mol. The van der Waals surface area contributed by atoms with Gasteiger partial charge in [-0.25, -0.2) is 8.42 Å². The standard InChI is InChI=1S/C24H36N4O5S2/c1-18-12-19(2)15-26(14-18)7-3-6-25-23(29)16-28-21-13-20(4-5-22(21)34-17-24(28)30)35(31,32)27-8-10-33-11-9-27/h4-5,13,18-19H,3,6-12,14-17H2,1-2H3,(H,25,29)/t18-,19+. The van der Waals surface area contributed by atoms with Crippen molar-refractivity contribution in [3.8, 4) is 0 Å². The zero-order valence-electron chi connectivity index (χ0n) is 20.6. The number of ether oxygens (including phenoxy) is 1. The number of thioether (sulfide) groups is 1. The van der Waals surface area contributed by atoms with E-state index in [9.17, 15) is 18.0 Å². The first-order valence-corrected chi connectivity index (χ1v) is 14.8. The molecule has 2 saturated heterocycles. The zero-order chi connectivity index (χ0) is 25.0. The van der Waals surface area contributed by atoms with Crippen molar-refractivity contribution in [2.75, 3.05) is 69.7 Å². The van der Waals surface area contributed by atoms with Gasteiger partial charge >= 0.3 is 0 Å². The van der Waals surface area contributed by atoms with Crippen molar-refractivity contribution in [1.29, 1.82) is 0 Å². The maximum atomic E-state index is 13.1. The Morgan fingerprint density at radius 1 is 1.17 bits per heavy atom. The molecule has 4 rings (SSSR count). The Hall–Kier alpha value is -1.66. The van der Waals surface area contributed by atoms with Crippen LogP contribution in [0, 0.1) is 11.8 Å². The van der Waals surface area contributed by atoms with Crippen LogP contribution in [0.5, 0.6) is 0 Å². The molecule has 0 unspecified atom stereocenters. The molecule has 194 valence electrons. The largest absolute Gasteiger partial charge is 0.379 e. The SMILES string of the molecule is C[C@@H]1C[C@H](C)CN(CCCNC(=O)CN2C(=O)CSc3ccc(S(=O)(=O)N4CCOCC4)cc32)C1. The number of rotatable bonds is 8. The van der Waals surface area contributed by atoms with Gasteiger partial charge in [0.25, 0.3) is 0 Å². The molecule has 35 heavy (non-hydrogen) atoms. The van der Waals surface area contributed by atoms with Gasteiger partial charge in [-0.1, -0.05) is 13.8 Å². The van der Waals surface area contributed by atoms with Gasteiger partial charge in [-0.2, -0.15) is 4.31 Å². The van der Waals surface area contributed by atoms with E-state index in [1.165, 1.54) is 33.5 Å². The molecule has 3 aliphatic heterocycles. The number of hydrogen-bond acceptors (Lipinski definition) is 7. The lowest BCUT2D eigenvalue weighted by atomic mass is 9.92. The number of piperidine rings is 1. The summed E-state index contributed by atoms with van der Waals surface area (Å²) >= 11 is 1.36. The minimum Gasteiger partial charge on any atom is -0.379 e. The molecule has 2 amide bonds. The molecule has 0 spiro atoms. The summed E-state index contributed by atoms with van der Waals surface area (Å²) in [5.74, 6) is 1.19. The number of fused-ring (bicyclic) bond motifs is 1. The van der Waals surface area contributed by atoms with Gasteiger partial charge in [0.15, 0.2) is 0 Å².